The van der Waals surface area contributed by atoms with Gasteiger partial charge in [0.2, 0.25) is 0 Å². The number of nitrogens with zero attached hydrogens (tertiary/aromatic N) is 2. The van der Waals surface area contributed by atoms with Crippen molar-refractivity contribution in [3.63, 3.8) is 0 Å². The highest BCUT2D eigenvalue weighted by Gasteiger charge is 2.24. The van der Waals surface area contributed by atoms with E-state index in [1.165, 1.54) is 0 Å². The van der Waals surface area contributed by atoms with E-state index in [0.29, 0.717) is 0 Å². The lowest BCUT2D eigenvalue weighted by Gasteiger charge is -2.21. The van der Waals surface area contributed by atoms with Crippen LogP contribution in [0.15, 0.2) is 24.4 Å². The number of H-pyrrole nitrogens is 1. The van der Waals surface area contributed by atoms with E-state index in [9.17, 15) is 0 Å². The molecule has 1 heterocycles. The highest BCUT2D eigenvalue weighted by molar-refractivity contribution is 5.49. The molecule has 0 aliphatic rings. The summed E-state index contributed by atoms with van der Waals surface area (Å²) in [5.41, 5.74) is 1.74. The average molecular weight is 276 g/mol. The van der Waals surface area contributed by atoms with Crippen molar-refractivity contribution in [1.29, 1.82) is 0 Å². The summed E-state index contributed by atoms with van der Waals surface area (Å²) in [6, 6.07) is 5.61. The number of hydrogen-bond donors (Lipinski definition) is 2. The minimum atomic E-state index is -0.125. The minimum Gasteiger partial charge on any atom is -0.496 e. The Morgan fingerprint density at radius 2 is 1.95 bits per heavy atom. The van der Waals surface area contributed by atoms with Crippen molar-refractivity contribution in [1.82, 2.24) is 20.7 Å². The van der Waals surface area contributed by atoms with Crippen molar-refractivity contribution in [2.45, 2.75) is 19.4 Å². The van der Waals surface area contributed by atoms with Crippen LogP contribution in [0.3, 0.4) is 0 Å². The van der Waals surface area contributed by atoms with E-state index < -0.39 is 0 Å². The fourth-order valence-electron chi connectivity index (χ4n) is 2.16. The molecule has 0 spiro atoms. The van der Waals surface area contributed by atoms with E-state index in [1.54, 1.807) is 20.4 Å². The second-order valence-corrected chi connectivity index (χ2v) is 4.36. The van der Waals surface area contributed by atoms with Crippen LogP contribution in [0.2, 0.25) is 0 Å². The molecule has 2 N–H and O–H groups in total. The Kier molecular flexibility index (Phi) is 4.95. The maximum absolute atomic E-state index is 5.47. The van der Waals surface area contributed by atoms with E-state index in [-0.39, 0.29) is 6.04 Å². The second kappa shape index (κ2) is 6.91. The molecule has 0 saturated carbocycles. The van der Waals surface area contributed by atoms with E-state index >= 15 is 0 Å². The monoisotopic (exact) mass is 276 g/mol. The summed E-state index contributed by atoms with van der Waals surface area (Å²) in [6.07, 6.45) is 2.73. The fourth-order valence-corrected chi connectivity index (χ4v) is 2.16. The molecule has 0 saturated heterocycles. The van der Waals surface area contributed by atoms with Crippen LogP contribution in [0.25, 0.3) is 0 Å². The molecule has 0 bridgehead atoms. The molecule has 1 aromatic heterocycles. The molecule has 0 radical (unpaired) electrons. The molecule has 20 heavy (non-hydrogen) atoms. The lowest BCUT2D eigenvalue weighted by molar-refractivity contribution is 0.376. The van der Waals surface area contributed by atoms with Crippen LogP contribution in [0.5, 0.6) is 11.5 Å². The Morgan fingerprint density at radius 1 is 1.25 bits per heavy atom. The first kappa shape index (κ1) is 14.3. The second-order valence-electron chi connectivity index (χ2n) is 4.36. The molecule has 1 atom stereocenters. The predicted molar refractivity (Wildman–Crippen MR) is 76.1 cm³/mol. The van der Waals surface area contributed by atoms with Gasteiger partial charge in [-0.3, -0.25) is 0 Å². The van der Waals surface area contributed by atoms with Crippen LogP contribution in [0, 0.1) is 0 Å². The predicted octanol–water partition coefficient (Wildman–Crippen LogP) is 1.91. The van der Waals surface area contributed by atoms with Gasteiger partial charge in [-0.1, -0.05) is 13.0 Å². The normalized spacial score (nSPS) is 12.2. The fraction of sp³-hybridized carbons (Fsp3) is 0.429. The van der Waals surface area contributed by atoms with Gasteiger partial charge in [-0.05, 0) is 25.1 Å². The highest BCUT2D eigenvalue weighted by Crippen LogP contribution is 2.36. The van der Waals surface area contributed by atoms with Gasteiger partial charge in [0.1, 0.15) is 17.2 Å². The van der Waals surface area contributed by atoms with Gasteiger partial charge >= 0.3 is 0 Å². The molecule has 1 aromatic carbocycles. The zero-order valence-electron chi connectivity index (χ0n) is 12.0. The van der Waals surface area contributed by atoms with E-state index in [1.807, 2.05) is 18.2 Å². The van der Waals surface area contributed by atoms with Gasteiger partial charge in [0.15, 0.2) is 0 Å². The Hall–Kier alpha value is -2.08. The van der Waals surface area contributed by atoms with Gasteiger partial charge in [0, 0.05) is 0 Å². The third-order valence-corrected chi connectivity index (χ3v) is 3.08. The maximum Gasteiger partial charge on any atom is 0.127 e. The number of benzene rings is 1. The molecule has 108 valence electrons. The molecule has 0 aliphatic carbocycles. The molecule has 6 heteroatoms. The van der Waals surface area contributed by atoms with Crippen LogP contribution in [0.4, 0.5) is 0 Å². The topological polar surface area (TPSA) is 72.1 Å². The minimum absolute atomic E-state index is 0.125. The SMILES string of the molecule is CCCNC(c1cn[nH]n1)c1c(OC)cccc1OC. The van der Waals surface area contributed by atoms with Crippen LogP contribution >= 0.6 is 0 Å². The Morgan fingerprint density at radius 3 is 2.45 bits per heavy atom. The molecule has 0 aliphatic heterocycles. The summed E-state index contributed by atoms with van der Waals surface area (Å²) in [6.45, 7) is 2.98. The quantitative estimate of drug-likeness (QED) is 0.808. The Balaban J connectivity index is 2.47. The van der Waals surface area contributed by atoms with Crippen molar-refractivity contribution in [3.05, 3.63) is 35.7 Å². The zero-order chi connectivity index (χ0) is 14.4. The first-order valence-corrected chi connectivity index (χ1v) is 6.61. The van der Waals surface area contributed by atoms with E-state index in [4.69, 9.17) is 9.47 Å². The molecular weight excluding hydrogens is 256 g/mol. The van der Waals surface area contributed by atoms with E-state index in [2.05, 4.69) is 27.7 Å². The third kappa shape index (κ3) is 2.91. The van der Waals surface area contributed by atoms with Gasteiger partial charge in [0.05, 0.1) is 32.0 Å². The number of ether oxygens (including phenoxy) is 2. The van der Waals surface area contributed by atoms with Crippen molar-refractivity contribution in [2.75, 3.05) is 20.8 Å². The zero-order valence-corrected chi connectivity index (χ0v) is 12.0. The molecular formula is C14H20N4O2. The van der Waals surface area contributed by atoms with Crippen LogP contribution in [-0.4, -0.2) is 36.2 Å². The van der Waals surface area contributed by atoms with Crippen molar-refractivity contribution < 1.29 is 9.47 Å². The average Bonchev–Trinajstić information content (AvgIpc) is 3.01. The standard InChI is InChI=1S/C14H20N4O2/c1-4-8-15-14(10-9-16-18-17-10)13-11(19-2)6-5-7-12(13)20-3/h5-7,9,14-15H,4,8H2,1-3H3,(H,16,17,18). The summed E-state index contributed by atoms with van der Waals surface area (Å²) >= 11 is 0. The Labute approximate surface area is 118 Å². The first-order valence-electron chi connectivity index (χ1n) is 6.61. The lowest BCUT2D eigenvalue weighted by Crippen LogP contribution is -2.24. The Bertz CT molecular complexity index is 506. The summed E-state index contributed by atoms with van der Waals surface area (Å²) in [5, 5.41) is 14.2. The van der Waals surface area contributed by atoms with Crippen LogP contribution in [-0.2, 0) is 0 Å². The molecule has 0 amide bonds. The van der Waals surface area contributed by atoms with Crippen LogP contribution < -0.4 is 14.8 Å². The van der Waals surface area contributed by atoms with Crippen molar-refractivity contribution >= 4 is 0 Å². The first-order chi connectivity index (χ1) is 9.81. The van der Waals surface area contributed by atoms with Gasteiger partial charge in [-0.2, -0.15) is 15.4 Å². The molecule has 2 rings (SSSR count). The lowest BCUT2D eigenvalue weighted by atomic mass is 10.0. The third-order valence-electron chi connectivity index (χ3n) is 3.08. The van der Waals surface area contributed by atoms with Gasteiger partial charge in [-0.15, -0.1) is 0 Å². The number of aromatic amines is 1. The van der Waals surface area contributed by atoms with Crippen molar-refractivity contribution in [3.8, 4) is 11.5 Å². The maximum atomic E-state index is 5.47. The van der Waals surface area contributed by atoms with E-state index in [0.717, 1.165) is 35.7 Å². The van der Waals surface area contributed by atoms with Gasteiger partial charge in [0.25, 0.3) is 0 Å². The summed E-state index contributed by atoms with van der Waals surface area (Å²) in [7, 11) is 3.30. The van der Waals surface area contributed by atoms with Gasteiger partial charge in [-0.25, -0.2) is 0 Å². The smallest absolute Gasteiger partial charge is 0.127 e. The summed E-state index contributed by atoms with van der Waals surface area (Å²) in [5.74, 6) is 1.53. The summed E-state index contributed by atoms with van der Waals surface area (Å²) < 4.78 is 10.9. The molecule has 6 nitrogen and oxygen atoms in total. The number of nitrogens with one attached hydrogen (secondary N) is 2. The highest BCUT2D eigenvalue weighted by atomic mass is 16.5. The largest absolute Gasteiger partial charge is 0.496 e. The number of hydrogen-bond acceptors (Lipinski definition) is 5. The summed E-state index contributed by atoms with van der Waals surface area (Å²) in [4.78, 5) is 0. The number of methoxy groups -OCH3 is 2. The molecule has 0 fully saturated rings. The molecule has 2 aromatic rings. The number of aromatic nitrogens is 3. The number of rotatable bonds is 7. The molecule has 1 unspecified atom stereocenters. The van der Waals surface area contributed by atoms with Crippen LogP contribution in [0.1, 0.15) is 30.6 Å². The van der Waals surface area contributed by atoms with Crippen molar-refractivity contribution in [2.24, 2.45) is 0 Å². The van der Waals surface area contributed by atoms with Gasteiger partial charge < -0.3 is 14.8 Å².